The predicted molar refractivity (Wildman–Crippen MR) is 115 cm³/mol. The lowest BCUT2D eigenvalue weighted by Crippen LogP contribution is -2.55. The number of fused-ring (bicyclic) bond motifs is 4. The van der Waals surface area contributed by atoms with E-state index in [1.165, 1.54) is 26.4 Å². The molecule has 1 aliphatic carbocycles. The van der Waals surface area contributed by atoms with Crippen LogP contribution in [0.25, 0.3) is 5.70 Å². The first kappa shape index (κ1) is 20.5. The Morgan fingerprint density at radius 3 is 2.28 bits per heavy atom. The molecule has 5 rings (SSSR count). The van der Waals surface area contributed by atoms with E-state index < -0.39 is 28.6 Å². The number of aliphatic hydroxyl groups is 2. The zero-order valence-corrected chi connectivity index (χ0v) is 18.2. The third-order valence-corrected chi connectivity index (χ3v) is 6.52. The molecule has 8 nitrogen and oxygen atoms in total. The van der Waals surface area contributed by atoms with Gasteiger partial charge in [0.2, 0.25) is 17.1 Å². The first-order valence-electron chi connectivity index (χ1n) is 10.3. The highest BCUT2D eigenvalue weighted by Gasteiger charge is 2.72. The lowest BCUT2D eigenvalue weighted by molar-refractivity contribution is -0.125. The molecule has 2 aromatic rings. The lowest BCUT2D eigenvalue weighted by Gasteiger charge is -2.38. The molecule has 1 fully saturated rings. The van der Waals surface area contributed by atoms with E-state index in [0.717, 1.165) is 5.56 Å². The average Bonchev–Trinajstić information content (AvgIpc) is 3.06. The van der Waals surface area contributed by atoms with Gasteiger partial charge in [0.05, 0.1) is 25.5 Å². The van der Waals surface area contributed by atoms with Gasteiger partial charge in [-0.1, -0.05) is 24.3 Å². The highest BCUT2D eigenvalue weighted by molar-refractivity contribution is 6.22. The average molecular weight is 436 g/mol. The van der Waals surface area contributed by atoms with Gasteiger partial charge in [-0.15, -0.1) is 0 Å². The van der Waals surface area contributed by atoms with Crippen LogP contribution in [0.15, 0.2) is 42.0 Å². The Hall–Kier alpha value is -3.36. The van der Waals surface area contributed by atoms with Gasteiger partial charge in [-0.2, -0.15) is 0 Å². The fraction of sp³-hybridized carbons (Fsp3) is 0.333. The van der Waals surface area contributed by atoms with Crippen molar-refractivity contribution in [2.45, 2.75) is 37.1 Å². The molecule has 1 saturated heterocycles. The van der Waals surface area contributed by atoms with Crippen molar-refractivity contribution in [3.8, 4) is 11.5 Å². The number of carbonyl (C=O) groups excluding carboxylic acids is 2. The predicted octanol–water partition coefficient (Wildman–Crippen LogP) is 1.24. The summed E-state index contributed by atoms with van der Waals surface area (Å²) in [6.45, 7) is 3.89. The molecule has 2 atom stereocenters. The molecule has 1 amide bonds. The standard InChI is InChI=1S/C24H24N2O6/c1-22(2)11-12-9-16(31-3)17(32-4)10-14(12)19(25-22)18-21(28)26-24(30)15-8-6-5-7-13(15)20(27)23(18,24)29/h5-10,25,29-30H,11H2,1-4H3,(H,26,28)/b19-18+/t23-,24+/m1/s1. The first-order valence-corrected chi connectivity index (χ1v) is 10.3. The Kier molecular flexibility index (Phi) is 4.07. The van der Waals surface area contributed by atoms with Crippen LogP contribution < -0.4 is 20.1 Å². The van der Waals surface area contributed by atoms with E-state index in [4.69, 9.17) is 9.47 Å². The molecule has 0 spiro atoms. The zero-order chi connectivity index (χ0) is 23.1. The number of rotatable bonds is 2. The number of hydrogen-bond donors (Lipinski definition) is 4. The minimum atomic E-state index is -2.49. The second-order valence-electron chi connectivity index (χ2n) is 9.05. The van der Waals surface area contributed by atoms with Crippen molar-refractivity contribution >= 4 is 17.4 Å². The summed E-state index contributed by atoms with van der Waals surface area (Å²) in [5.41, 5.74) is -3.44. The summed E-state index contributed by atoms with van der Waals surface area (Å²) in [6.07, 6.45) is 0.595. The van der Waals surface area contributed by atoms with Crippen molar-refractivity contribution in [1.82, 2.24) is 10.6 Å². The van der Waals surface area contributed by atoms with Gasteiger partial charge >= 0.3 is 0 Å². The van der Waals surface area contributed by atoms with Crippen LogP contribution >= 0.6 is 0 Å². The number of amides is 1. The number of Topliss-reactive ketones (excluding diaryl/α,β-unsaturated/α-hetero) is 1. The van der Waals surface area contributed by atoms with Crippen molar-refractivity contribution in [1.29, 1.82) is 0 Å². The van der Waals surface area contributed by atoms with Crippen LogP contribution in [-0.4, -0.2) is 47.3 Å². The Morgan fingerprint density at radius 2 is 1.59 bits per heavy atom. The SMILES string of the molecule is COc1cc2c(cc1OC)/C(=C1/C(=O)N[C@]3(O)c4ccccc4C(=O)[C@]13O)NC(C)(C)C2. The Balaban J connectivity index is 1.83. The summed E-state index contributed by atoms with van der Waals surface area (Å²) >= 11 is 0. The lowest BCUT2D eigenvalue weighted by atomic mass is 9.79. The molecule has 0 radical (unpaired) electrons. The van der Waals surface area contributed by atoms with E-state index in [2.05, 4.69) is 10.6 Å². The van der Waals surface area contributed by atoms with Crippen LogP contribution in [-0.2, 0) is 16.9 Å². The third kappa shape index (κ3) is 2.39. The van der Waals surface area contributed by atoms with Gasteiger partial charge in [-0.25, -0.2) is 0 Å². The molecule has 8 heteroatoms. The van der Waals surface area contributed by atoms with E-state index in [9.17, 15) is 19.8 Å². The maximum absolute atomic E-state index is 13.4. The summed E-state index contributed by atoms with van der Waals surface area (Å²) in [4.78, 5) is 26.6. The maximum atomic E-state index is 13.4. The zero-order valence-electron chi connectivity index (χ0n) is 18.2. The van der Waals surface area contributed by atoms with E-state index in [1.54, 1.807) is 18.2 Å². The largest absolute Gasteiger partial charge is 0.493 e. The van der Waals surface area contributed by atoms with Crippen LogP contribution in [0.4, 0.5) is 0 Å². The summed E-state index contributed by atoms with van der Waals surface area (Å²) in [5.74, 6) is -0.487. The molecule has 2 heterocycles. The second kappa shape index (κ2) is 6.34. The summed E-state index contributed by atoms with van der Waals surface area (Å²) in [6, 6.07) is 9.87. The van der Waals surface area contributed by atoms with E-state index >= 15 is 0 Å². The number of ketones is 1. The van der Waals surface area contributed by atoms with E-state index in [0.29, 0.717) is 23.5 Å². The van der Waals surface area contributed by atoms with Gasteiger partial charge in [0.15, 0.2) is 11.5 Å². The van der Waals surface area contributed by atoms with E-state index in [1.807, 2.05) is 19.9 Å². The molecule has 0 saturated carbocycles. The Morgan fingerprint density at radius 1 is 0.938 bits per heavy atom. The molecule has 3 aliphatic rings. The van der Waals surface area contributed by atoms with Crippen LogP contribution in [0, 0.1) is 0 Å². The van der Waals surface area contributed by atoms with Crippen molar-refractivity contribution < 1.29 is 29.3 Å². The molecule has 0 aromatic heterocycles. The Bertz CT molecular complexity index is 1230. The number of methoxy groups -OCH3 is 2. The summed E-state index contributed by atoms with van der Waals surface area (Å²) < 4.78 is 10.9. The second-order valence-corrected chi connectivity index (χ2v) is 9.05. The van der Waals surface area contributed by atoms with Gasteiger partial charge in [0.1, 0.15) is 0 Å². The van der Waals surface area contributed by atoms with Gasteiger partial charge in [-0.05, 0) is 38.0 Å². The van der Waals surface area contributed by atoms with Gasteiger partial charge in [0, 0.05) is 22.2 Å². The van der Waals surface area contributed by atoms with Crippen LogP contribution in [0.1, 0.15) is 40.9 Å². The van der Waals surface area contributed by atoms with Crippen LogP contribution in [0.5, 0.6) is 11.5 Å². The van der Waals surface area contributed by atoms with Crippen LogP contribution in [0.3, 0.4) is 0 Å². The monoisotopic (exact) mass is 436 g/mol. The van der Waals surface area contributed by atoms with Crippen molar-refractivity contribution in [2.75, 3.05) is 14.2 Å². The molecular formula is C24H24N2O6. The Labute approximate surface area is 184 Å². The van der Waals surface area contributed by atoms with Crippen molar-refractivity contribution in [3.63, 3.8) is 0 Å². The molecule has 2 aromatic carbocycles. The van der Waals surface area contributed by atoms with Gasteiger partial charge in [0.25, 0.3) is 5.91 Å². The number of carbonyl (C=O) groups is 2. The highest BCUT2D eigenvalue weighted by atomic mass is 16.5. The maximum Gasteiger partial charge on any atom is 0.255 e. The van der Waals surface area contributed by atoms with Gasteiger partial charge in [-0.3, -0.25) is 9.59 Å². The topological polar surface area (TPSA) is 117 Å². The number of ether oxygens (including phenoxy) is 2. The normalized spacial score (nSPS) is 29.6. The van der Waals surface area contributed by atoms with E-state index in [-0.39, 0.29) is 22.4 Å². The molecule has 4 N–H and O–H groups in total. The van der Waals surface area contributed by atoms with Crippen molar-refractivity contribution in [2.24, 2.45) is 0 Å². The fourth-order valence-corrected chi connectivity index (χ4v) is 5.11. The quantitative estimate of drug-likeness (QED) is 0.524. The van der Waals surface area contributed by atoms with Crippen molar-refractivity contribution in [3.05, 3.63) is 64.2 Å². The van der Waals surface area contributed by atoms with Gasteiger partial charge < -0.3 is 30.3 Å². The number of benzene rings is 2. The smallest absolute Gasteiger partial charge is 0.255 e. The summed E-state index contributed by atoms with van der Waals surface area (Å²) in [5, 5.41) is 29.0. The molecule has 166 valence electrons. The number of nitrogens with one attached hydrogen (secondary N) is 2. The molecule has 2 aliphatic heterocycles. The molecule has 32 heavy (non-hydrogen) atoms. The van der Waals surface area contributed by atoms with Crippen LogP contribution in [0.2, 0.25) is 0 Å². The molecule has 0 bridgehead atoms. The minimum absolute atomic E-state index is 0.165. The molecular weight excluding hydrogens is 412 g/mol. The minimum Gasteiger partial charge on any atom is -0.493 e. The first-order chi connectivity index (χ1) is 15.1. The number of hydrogen-bond acceptors (Lipinski definition) is 7. The third-order valence-electron chi connectivity index (χ3n) is 6.52. The highest BCUT2D eigenvalue weighted by Crippen LogP contribution is 2.53. The fourth-order valence-electron chi connectivity index (χ4n) is 5.11. The molecule has 0 unspecified atom stereocenters. The summed E-state index contributed by atoms with van der Waals surface area (Å²) in [7, 11) is 3.04.